The van der Waals surface area contributed by atoms with Crippen molar-refractivity contribution in [2.75, 3.05) is 33.4 Å². The van der Waals surface area contributed by atoms with Crippen LogP contribution in [0.2, 0.25) is 0 Å². The van der Waals surface area contributed by atoms with Crippen LogP contribution in [0.4, 0.5) is 0 Å². The number of carbonyl (C=O) groups excluding carboxylic acids is 1. The Balaban J connectivity index is 1.28. The number of ether oxygens (including phenoxy) is 1. The predicted molar refractivity (Wildman–Crippen MR) is 107 cm³/mol. The van der Waals surface area contributed by atoms with Crippen molar-refractivity contribution in [3.63, 3.8) is 0 Å². The number of methoxy groups -OCH3 is 1. The first kappa shape index (κ1) is 19.8. The molecule has 4 aliphatic rings. The van der Waals surface area contributed by atoms with Gasteiger partial charge >= 0.3 is 0 Å². The number of fused-ring (bicyclic) bond motifs is 3. The van der Waals surface area contributed by atoms with Crippen LogP contribution in [0.1, 0.15) is 50.6 Å². The molecule has 5 rings (SSSR count). The molecule has 1 aliphatic carbocycles. The van der Waals surface area contributed by atoms with E-state index >= 15 is 0 Å². The highest BCUT2D eigenvalue weighted by Gasteiger charge is 2.43. The summed E-state index contributed by atoms with van der Waals surface area (Å²) in [5.74, 6) is 1.61. The second-order valence-corrected chi connectivity index (χ2v) is 8.96. The quantitative estimate of drug-likeness (QED) is 0.687. The molecule has 1 unspecified atom stereocenters. The number of carbonyl (C=O) groups is 1. The Labute approximate surface area is 168 Å². The molecule has 3 aliphatic heterocycles. The normalized spacial score (nSPS) is 30.5. The summed E-state index contributed by atoms with van der Waals surface area (Å²) in [6.07, 6.45) is 12.3. The van der Waals surface area contributed by atoms with Gasteiger partial charge in [0.15, 0.2) is 0 Å². The molecule has 1 amide bonds. The van der Waals surface area contributed by atoms with Crippen LogP contribution in [0.5, 0.6) is 0 Å². The van der Waals surface area contributed by atoms with Crippen LogP contribution in [-0.2, 0) is 22.5 Å². The molecule has 156 valence electrons. The Hall–Kier alpha value is -1.47. The highest BCUT2D eigenvalue weighted by Crippen LogP contribution is 2.37. The summed E-state index contributed by atoms with van der Waals surface area (Å²) in [5.41, 5.74) is 1.15. The van der Waals surface area contributed by atoms with E-state index < -0.39 is 0 Å². The second-order valence-electron chi connectivity index (χ2n) is 8.96. The molecule has 0 aromatic carbocycles. The molecule has 1 N–H and O–H groups in total. The summed E-state index contributed by atoms with van der Waals surface area (Å²) in [6.45, 7) is 4.04. The summed E-state index contributed by atoms with van der Waals surface area (Å²) in [4.78, 5) is 15.0. The Morgan fingerprint density at radius 3 is 2.89 bits per heavy atom. The molecule has 7 heteroatoms. The van der Waals surface area contributed by atoms with E-state index in [1.165, 1.54) is 32.1 Å². The Kier molecular flexibility index (Phi) is 6.62. The first-order valence-corrected chi connectivity index (χ1v) is 11.1. The molecular formula is C21H35N5O2. The summed E-state index contributed by atoms with van der Waals surface area (Å²) >= 11 is 0. The lowest BCUT2D eigenvalue weighted by Crippen LogP contribution is -2.58. The van der Waals surface area contributed by atoms with Gasteiger partial charge in [-0.1, -0.05) is 37.3 Å². The van der Waals surface area contributed by atoms with E-state index in [1.807, 2.05) is 4.68 Å². The van der Waals surface area contributed by atoms with Crippen molar-refractivity contribution in [2.45, 2.75) is 64.0 Å². The van der Waals surface area contributed by atoms with E-state index in [2.05, 4.69) is 26.7 Å². The Morgan fingerprint density at radius 1 is 1.29 bits per heavy atom. The summed E-state index contributed by atoms with van der Waals surface area (Å²) < 4.78 is 7.07. The molecule has 1 aromatic heterocycles. The van der Waals surface area contributed by atoms with Gasteiger partial charge in [-0.2, -0.15) is 0 Å². The van der Waals surface area contributed by atoms with Gasteiger partial charge in [0.2, 0.25) is 5.91 Å². The van der Waals surface area contributed by atoms with Gasteiger partial charge in [-0.25, -0.2) is 0 Å². The molecule has 1 aromatic rings. The Morgan fingerprint density at radius 2 is 2.14 bits per heavy atom. The van der Waals surface area contributed by atoms with Crippen LogP contribution in [-0.4, -0.2) is 65.2 Å². The monoisotopic (exact) mass is 389 g/mol. The smallest absolute Gasteiger partial charge is 0.224 e. The molecule has 2 bridgehead atoms. The maximum atomic E-state index is 12.5. The highest BCUT2D eigenvalue weighted by atomic mass is 16.5. The number of piperidine rings is 3. The van der Waals surface area contributed by atoms with Gasteiger partial charge in [-0.05, 0) is 37.6 Å². The van der Waals surface area contributed by atoms with Crippen LogP contribution in [0.3, 0.4) is 0 Å². The summed E-state index contributed by atoms with van der Waals surface area (Å²) in [7, 11) is 1.66. The van der Waals surface area contributed by atoms with Crippen molar-refractivity contribution >= 4 is 5.91 Å². The minimum absolute atomic E-state index is 0.125. The zero-order valence-corrected chi connectivity index (χ0v) is 17.2. The number of amides is 1. The standard InChI is InChI=1S/C21H35N5O2/c1-28-10-8-22-21(27)20-15-25-9-7-17(20)12-19(25)14-26-13-18(23-24-26)11-16-5-3-2-4-6-16/h13,16-17,19-20H,2-12,14-15H2,1H3,(H,22,27)/t17-,19-,20+/m1/s1. The van der Waals surface area contributed by atoms with E-state index in [1.54, 1.807) is 7.11 Å². The fourth-order valence-electron chi connectivity index (χ4n) is 5.46. The third kappa shape index (κ3) is 4.74. The van der Waals surface area contributed by atoms with Crippen molar-refractivity contribution in [3.8, 4) is 0 Å². The maximum absolute atomic E-state index is 12.5. The minimum Gasteiger partial charge on any atom is -0.383 e. The molecular weight excluding hydrogens is 354 g/mol. The fourth-order valence-corrected chi connectivity index (χ4v) is 5.46. The molecule has 4 heterocycles. The van der Waals surface area contributed by atoms with Gasteiger partial charge in [0, 0.05) is 32.4 Å². The number of hydrogen-bond acceptors (Lipinski definition) is 5. The third-order valence-corrected chi connectivity index (χ3v) is 7.03. The van der Waals surface area contributed by atoms with Gasteiger partial charge in [-0.3, -0.25) is 14.4 Å². The number of nitrogens with zero attached hydrogens (tertiary/aromatic N) is 4. The average molecular weight is 390 g/mol. The van der Waals surface area contributed by atoms with Crippen LogP contribution >= 0.6 is 0 Å². The minimum atomic E-state index is 0.125. The number of hydrogen-bond donors (Lipinski definition) is 1. The van der Waals surface area contributed by atoms with E-state index in [0.29, 0.717) is 25.1 Å². The van der Waals surface area contributed by atoms with E-state index in [9.17, 15) is 4.79 Å². The first-order chi connectivity index (χ1) is 13.7. The average Bonchev–Trinajstić information content (AvgIpc) is 3.16. The molecule has 4 fully saturated rings. The SMILES string of the molecule is COCCNC(=O)[C@H]1CN2CC[C@@H]1C[C@@H]2Cn1cc(CC2CCCCC2)nn1. The van der Waals surface area contributed by atoms with Crippen LogP contribution in [0.15, 0.2) is 6.20 Å². The van der Waals surface area contributed by atoms with Crippen molar-refractivity contribution in [2.24, 2.45) is 17.8 Å². The topological polar surface area (TPSA) is 72.3 Å². The van der Waals surface area contributed by atoms with Gasteiger partial charge in [0.25, 0.3) is 0 Å². The maximum Gasteiger partial charge on any atom is 0.224 e. The third-order valence-electron chi connectivity index (χ3n) is 7.03. The molecule has 1 saturated carbocycles. The zero-order chi connectivity index (χ0) is 19.3. The molecule has 28 heavy (non-hydrogen) atoms. The van der Waals surface area contributed by atoms with E-state index in [0.717, 1.165) is 50.5 Å². The van der Waals surface area contributed by atoms with Crippen LogP contribution in [0, 0.1) is 17.8 Å². The molecule has 7 nitrogen and oxygen atoms in total. The fraction of sp³-hybridized carbons (Fsp3) is 0.857. The largest absolute Gasteiger partial charge is 0.383 e. The summed E-state index contributed by atoms with van der Waals surface area (Å²) in [5, 5.41) is 11.9. The predicted octanol–water partition coefficient (Wildman–Crippen LogP) is 1.87. The Bertz CT molecular complexity index is 642. The number of rotatable bonds is 8. The van der Waals surface area contributed by atoms with Gasteiger partial charge in [0.05, 0.1) is 24.8 Å². The van der Waals surface area contributed by atoms with Crippen LogP contribution < -0.4 is 5.32 Å². The van der Waals surface area contributed by atoms with Gasteiger partial charge in [0.1, 0.15) is 0 Å². The number of nitrogens with one attached hydrogen (secondary N) is 1. The summed E-state index contributed by atoms with van der Waals surface area (Å²) in [6, 6.07) is 0.478. The van der Waals surface area contributed by atoms with Crippen molar-refractivity contribution in [1.82, 2.24) is 25.2 Å². The lowest BCUT2D eigenvalue weighted by atomic mass is 9.75. The van der Waals surface area contributed by atoms with Crippen LogP contribution in [0.25, 0.3) is 0 Å². The van der Waals surface area contributed by atoms with Crippen molar-refractivity contribution < 1.29 is 9.53 Å². The second kappa shape index (κ2) is 9.35. The van der Waals surface area contributed by atoms with Gasteiger partial charge < -0.3 is 10.1 Å². The van der Waals surface area contributed by atoms with Crippen molar-refractivity contribution in [1.29, 1.82) is 0 Å². The zero-order valence-electron chi connectivity index (χ0n) is 17.2. The number of aromatic nitrogens is 3. The molecule has 0 radical (unpaired) electrons. The molecule has 4 atom stereocenters. The lowest BCUT2D eigenvalue weighted by Gasteiger charge is -2.49. The lowest BCUT2D eigenvalue weighted by molar-refractivity contribution is -0.133. The van der Waals surface area contributed by atoms with E-state index in [-0.39, 0.29) is 11.8 Å². The van der Waals surface area contributed by atoms with Gasteiger partial charge in [-0.15, -0.1) is 5.10 Å². The molecule has 3 saturated heterocycles. The molecule has 0 spiro atoms. The van der Waals surface area contributed by atoms with E-state index in [4.69, 9.17) is 4.74 Å². The van der Waals surface area contributed by atoms with Crippen molar-refractivity contribution in [3.05, 3.63) is 11.9 Å². The highest BCUT2D eigenvalue weighted by molar-refractivity contribution is 5.79. The first-order valence-electron chi connectivity index (χ1n) is 11.1.